The Bertz CT molecular complexity index is 807. The first-order valence-electron chi connectivity index (χ1n) is 8.33. The van der Waals surface area contributed by atoms with Crippen molar-refractivity contribution in [2.45, 2.75) is 13.0 Å². The predicted octanol–water partition coefficient (Wildman–Crippen LogP) is 3.78. The average Bonchev–Trinajstić information content (AvgIpc) is 2.62. The van der Waals surface area contributed by atoms with Gasteiger partial charge in [0.1, 0.15) is 6.04 Å². The minimum absolute atomic E-state index is 0.0688. The van der Waals surface area contributed by atoms with E-state index in [9.17, 15) is 10.1 Å². The zero-order chi connectivity index (χ0) is 17.8. The summed E-state index contributed by atoms with van der Waals surface area (Å²) in [5.41, 5.74) is 2.80. The Hall–Kier alpha value is -2.16. The monoisotopic (exact) mass is 397 g/mol. The van der Waals surface area contributed by atoms with Gasteiger partial charge in [0.05, 0.1) is 6.07 Å². The van der Waals surface area contributed by atoms with E-state index in [-0.39, 0.29) is 11.9 Å². The molecule has 0 aromatic heterocycles. The van der Waals surface area contributed by atoms with Gasteiger partial charge in [0.15, 0.2) is 0 Å². The molecule has 0 bridgehead atoms. The number of hydrogen-bond donors (Lipinski definition) is 0. The van der Waals surface area contributed by atoms with Crippen molar-refractivity contribution in [1.82, 2.24) is 9.80 Å². The molecule has 1 saturated heterocycles. The van der Waals surface area contributed by atoms with Crippen LogP contribution in [-0.2, 0) is 0 Å². The van der Waals surface area contributed by atoms with E-state index in [4.69, 9.17) is 0 Å². The molecule has 2 aromatic carbocycles. The van der Waals surface area contributed by atoms with Crippen molar-refractivity contribution >= 4 is 21.8 Å². The minimum Gasteiger partial charge on any atom is -0.336 e. The molecule has 1 fully saturated rings. The number of rotatable bonds is 3. The van der Waals surface area contributed by atoms with Crippen LogP contribution >= 0.6 is 15.9 Å². The number of benzene rings is 2. The lowest BCUT2D eigenvalue weighted by Crippen LogP contribution is -2.49. The molecule has 25 heavy (non-hydrogen) atoms. The SMILES string of the molecule is Cc1cccc(C(=O)N2CCN(C(C#N)c3cccc(Br)c3)CC2)c1. The summed E-state index contributed by atoms with van der Waals surface area (Å²) in [6, 6.07) is 17.7. The van der Waals surface area contributed by atoms with E-state index in [1.807, 2.05) is 60.4 Å². The normalized spacial score (nSPS) is 16.3. The largest absolute Gasteiger partial charge is 0.336 e. The third kappa shape index (κ3) is 4.09. The Labute approximate surface area is 156 Å². The van der Waals surface area contributed by atoms with E-state index in [0.717, 1.165) is 21.2 Å². The summed E-state index contributed by atoms with van der Waals surface area (Å²) in [6.07, 6.45) is 0. The fourth-order valence-electron chi connectivity index (χ4n) is 3.19. The molecule has 0 N–H and O–H groups in total. The molecule has 1 atom stereocenters. The second-order valence-electron chi connectivity index (χ2n) is 6.28. The van der Waals surface area contributed by atoms with E-state index < -0.39 is 0 Å². The zero-order valence-electron chi connectivity index (χ0n) is 14.2. The molecule has 5 heteroatoms. The smallest absolute Gasteiger partial charge is 0.253 e. The summed E-state index contributed by atoms with van der Waals surface area (Å²) >= 11 is 3.46. The molecular formula is C20H20BrN3O. The highest BCUT2D eigenvalue weighted by molar-refractivity contribution is 9.10. The van der Waals surface area contributed by atoms with Crippen molar-refractivity contribution in [3.05, 3.63) is 69.7 Å². The van der Waals surface area contributed by atoms with Crippen molar-refractivity contribution in [2.75, 3.05) is 26.2 Å². The minimum atomic E-state index is -0.284. The number of piperazine rings is 1. The Balaban J connectivity index is 1.67. The lowest BCUT2D eigenvalue weighted by atomic mass is 10.1. The summed E-state index contributed by atoms with van der Waals surface area (Å²) in [7, 11) is 0. The van der Waals surface area contributed by atoms with Crippen LogP contribution in [0.5, 0.6) is 0 Å². The molecule has 128 valence electrons. The van der Waals surface area contributed by atoms with Crippen LogP contribution in [0.1, 0.15) is 27.5 Å². The first-order valence-corrected chi connectivity index (χ1v) is 9.13. The van der Waals surface area contributed by atoms with Gasteiger partial charge < -0.3 is 4.90 Å². The van der Waals surface area contributed by atoms with E-state index >= 15 is 0 Å². The number of amides is 1. The fraction of sp³-hybridized carbons (Fsp3) is 0.300. The topological polar surface area (TPSA) is 47.3 Å². The first kappa shape index (κ1) is 17.7. The van der Waals surface area contributed by atoms with Crippen LogP contribution in [0.15, 0.2) is 53.0 Å². The number of carbonyl (C=O) groups excluding carboxylic acids is 1. The molecule has 1 amide bonds. The summed E-state index contributed by atoms with van der Waals surface area (Å²) in [5.74, 6) is 0.0688. The maximum absolute atomic E-state index is 12.6. The first-order chi connectivity index (χ1) is 12.1. The second-order valence-corrected chi connectivity index (χ2v) is 7.20. The average molecular weight is 398 g/mol. The van der Waals surface area contributed by atoms with Gasteiger partial charge in [-0.3, -0.25) is 9.69 Å². The summed E-state index contributed by atoms with van der Waals surface area (Å²) in [5, 5.41) is 9.62. The maximum atomic E-state index is 12.6. The van der Waals surface area contributed by atoms with Crippen LogP contribution < -0.4 is 0 Å². The molecular weight excluding hydrogens is 378 g/mol. The Morgan fingerprint density at radius 3 is 2.48 bits per heavy atom. The van der Waals surface area contributed by atoms with Crippen LogP contribution in [0.3, 0.4) is 0 Å². The zero-order valence-corrected chi connectivity index (χ0v) is 15.7. The van der Waals surface area contributed by atoms with Crippen LogP contribution in [-0.4, -0.2) is 41.9 Å². The molecule has 2 aromatic rings. The highest BCUT2D eigenvalue weighted by atomic mass is 79.9. The van der Waals surface area contributed by atoms with Gasteiger partial charge in [-0.1, -0.05) is 45.8 Å². The number of nitriles is 1. The fourth-order valence-corrected chi connectivity index (χ4v) is 3.60. The molecule has 0 radical (unpaired) electrons. The molecule has 0 saturated carbocycles. The van der Waals surface area contributed by atoms with E-state index in [1.165, 1.54) is 0 Å². The summed E-state index contributed by atoms with van der Waals surface area (Å²) in [4.78, 5) is 16.7. The Morgan fingerprint density at radius 2 is 1.84 bits per heavy atom. The molecule has 4 nitrogen and oxygen atoms in total. The van der Waals surface area contributed by atoms with Crippen molar-refractivity contribution in [3.8, 4) is 6.07 Å². The number of halogens is 1. The Morgan fingerprint density at radius 1 is 1.12 bits per heavy atom. The third-order valence-electron chi connectivity index (χ3n) is 4.52. The maximum Gasteiger partial charge on any atom is 0.253 e. The number of carbonyl (C=O) groups is 1. The van der Waals surface area contributed by atoms with E-state index in [2.05, 4.69) is 26.9 Å². The molecule has 1 aliphatic rings. The molecule has 0 aliphatic carbocycles. The van der Waals surface area contributed by atoms with Gasteiger partial charge in [0.25, 0.3) is 5.91 Å². The van der Waals surface area contributed by atoms with Gasteiger partial charge in [-0.25, -0.2) is 0 Å². The lowest BCUT2D eigenvalue weighted by molar-refractivity contribution is 0.0606. The number of aryl methyl sites for hydroxylation is 1. The number of hydrogen-bond acceptors (Lipinski definition) is 3. The van der Waals surface area contributed by atoms with Gasteiger partial charge in [-0.2, -0.15) is 5.26 Å². The van der Waals surface area contributed by atoms with Gasteiger partial charge >= 0.3 is 0 Å². The molecule has 1 unspecified atom stereocenters. The lowest BCUT2D eigenvalue weighted by Gasteiger charge is -2.37. The van der Waals surface area contributed by atoms with Crippen molar-refractivity contribution < 1.29 is 4.79 Å². The van der Waals surface area contributed by atoms with E-state index in [1.54, 1.807) is 0 Å². The third-order valence-corrected chi connectivity index (χ3v) is 5.01. The number of nitrogens with zero attached hydrogens (tertiary/aromatic N) is 3. The van der Waals surface area contributed by atoms with Crippen molar-refractivity contribution in [2.24, 2.45) is 0 Å². The standard InChI is InChI=1S/C20H20BrN3O/c1-15-4-2-6-17(12-15)20(25)24-10-8-23(9-11-24)19(14-22)16-5-3-7-18(21)13-16/h2-7,12-13,19H,8-11H2,1H3. The second kappa shape index (κ2) is 7.81. The quantitative estimate of drug-likeness (QED) is 0.791. The van der Waals surface area contributed by atoms with Gasteiger partial charge in [-0.05, 0) is 36.8 Å². The summed E-state index contributed by atoms with van der Waals surface area (Å²) in [6.45, 7) is 4.66. The van der Waals surface area contributed by atoms with Crippen molar-refractivity contribution in [1.29, 1.82) is 5.26 Å². The van der Waals surface area contributed by atoms with Crippen molar-refractivity contribution in [3.63, 3.8) is 0 Å². The molecule has 1 heterocycles. The van der Waals surface area contributed by atoms with Crippen LogP contribution in [0.25, 0.3) is 0 Å². The summed E-state index contributed by atoms with van der Waals surface area (Å²) < 4.78 is 0.971. The van der Waals surface area contributed by atoms with Crippen LogP contribution in [0, 0.1) is 18.3 Å². The highest BCUT2D eigenvalue weighted by Crippen LogP contribution is 2.24. The Kier molecular flexibility index (Phi) is 5.52. The van der Waals surface area contributed by atoms with Crippen LogP contribution in [0.4, 0.5) is 0 Å². The molecule has 3 rings (SSSR count). The van der Waals surface area contributed by atoms with E-state index in [0.29, 0.717) is 26.2 Å². The molecule has 1 aliphatic heterocycles. The van der Waals surface area contributed by atoms with Gasteiger partial charge in [0, 0.05) is 36.2 Å². The predicted molar refractivity (Wildman–Crippen MR) is 101 cm³/mol. The highest BCUT2D eigenvalue weighted by Gasteiger charge is 2.27. The van der Waals surface area contributed by atoms with Gasteiger partial charge in [-0.15, -0.1) is 0 Å². The van der Waals surface area contributed by atoms with Crippen LogP contribution in [0.2, 0.25) is 0 Å². The van der Waals surface area contributed by atoms with Gasteiger partial charge in [0.2, 0.25) is 0 Å². The molecule has 0 spiro atoms.